The van der Waals surface area contributed by atoms with Crippen molar-refractivity contribution >= 4 is 0 Å². The highest BCUT2D eigenvalue weighted by Gasteiger charge is 2.06. The van der Waals surface area contributed by atoms with E-state index in [1.54, 1.807) is 0 Å². The van der Waals surface area contributed by atoms with E-state index in [1.165, 1.54) is 5.56 Å². The Hall–Kier alpha value is -2.04. The second-order valence-corrected chi connectivity index (χ2v) is 6.20. The normalized spacial score (nSPS) is 11.5. The lowest BCUT2D eigenvalue weighted by atomic mass is 10.1. The predicted octanol–water partition coefficient (Wildman–Crippen LogP) is 5.18. The van der Waals surface area contributed by atoms with Crippen LogP contribution in [0.1, 0.15) is 63.9 Å². The van der Waals surface area contributed by atoms with E-state index in [1.807, 2.05) is 12.1 Å². The first kappa shape index (κ1) is 21.0. The standard InChI is InChI=1S/C21H30N2O2/c1-2-3-10-21(18-23)25-17-8-9-19-11-13-20(14-12-19)24-16-7-5-4-6-15-22/h11-14,21H,2-10,16-17H2,1H3. The third kappa shape index (κ3) is 10.4. The van der Waals surface area contributed by atoms with E-state index in [0.29, 0.717) is 19.6 Å². The molecule has 25 heavy (non-hydrogen) atoms. The Morgan fingerprint density at radius 2 is 1.76 bits per heavy atom. The van der Waals surface area contributed by atoms with Crippen molar-refractivity contribution in [2.24, 2.45) is 0 Å². The van der Waals surface area contributed by atoms with E-state index < -0.39 is 0 Å². The summed E-state index contributed by atoms with van der Waals surface area (Å²) in [6, 6.07) is 12.6. The Bertz CT molecular complexity index is 528. The lowest BCUT2D eigenvalue weighted by Crippen LogP contribution is -2.11. The highest BCUT2D eigenvalue weighted by molar-refractivity contribution is 5.27. The smallest absolute Gasteiger partial charge is 0.143 e. The second-order valence-electron chi connectivity index (χ2n) is 6.20. The van der Waals surface area contributed by atoms with Crippen LogP contribution >= 0.6 is 0 Å². The second kappa shape index (κ2) is 14.3. The van der Waals surface area contributed by atoms with E-state index in [4.69, 9.17) is 20.0 Å². The van der Waals surface area contributed by atoms with Crippen LogP contribution in [-0.4, -0.2) is 19.3 Å². The number of hydrogen-bond acceptors (Lipinski definition) is 4. The molecule has 0 N–H and O–H groups in total. The molecule has 1 rings (SSSR count). The lowest BCUT2D eigenvalue weighted by molar-refractivity contribution is 0.0811. The first-order valence-electron chi connectivity index (χ1n) is 9.40. The minimum absolute atomic E-state index is 0.260. The Morgan fingerprint density at radius 1 is 0.960 bits per heavy atom. The maximum Gasteiger partial charge on any atom is 0.143 e. The lowest BCUT2D eigenvalue weighted by Gasteiger charge is -2.10. The van der Waals surface area contributed by atoms with Gasteiger partial charge in [0.1, 0.15) is 11.9 Å². The Morgan fingerprint density at radius 3 is 2.44 bits per heavy atom. The van der Waals surface area contributed by atoms with E-state index in [2.05, 4.69) is 31.2 Å². The molecule has 0 heterocycles. The Labute approximate surface area is 152 Å². The van der Waals surface area contributed by atoms with Crippen molar-refractivity contribution in [3.8, 4) is 17.9 Å². The molecule has 1 unspecified atom stereocenters. The first-order chi connectivity index (χ1) is 12.3. The van der Waals surface area contributed by atoms with Gasteiger partial charge in [0.2, 0.25) is 0 Å². The zero-order valence-electron chi connectivity index (χ0n) is 15.4. The first-order valence-corrected chi connectivity index (χ1v) is 9.40. The molecule has 0 amide bonds. The van der Waals surface area contributed by atoms with Gasteiger partial charge in [0.25, 0.3) is 0 Å². The molecule has 0 saturated carbocycles. The van der Waals surface area contributed by atoms with Gasteiger partial charge < -0.3 is 9.47 Å². The van der Waals surface area contributed by atoms with E-state index in [0.717, 1.165) is 57.1 Å². The third-order valence-corrected chi connectivity index (χ3v) is 4.02. The molecular weight excluding hydrogens is 312 g/mol. The number of aryl methyl sites for hydroxylation is 1. The molecule has 0 aromatic heterocycles. The number of rotatable bonds is 14. The van der Waals surface area contributed by atoms with Crippen LogP contribution in [0.15, 0.2) is 24.3 Å². The van der Waals surface area contributed by atoms with Crippen molar-refractivity contribution in [2.45, 2.75) is 70.8 Å². The summed E-state index contributed by atoms with van der Waals surface area (Å²) < 4.78 is 11.3. The zero-order valence-corrected chi connectivity index (χ0v) is 15.4. The van der Waals surface area contributed by atoms with Crippen LogP contribution in [0.25, 0.3) is 0 Å². The van der Waals surface area contributed by atoms with Gasteiger partial charge in [-0.2, -0.15) is 10.5 Å². The summed E-state index contributed by atoms with van der Waals surface area (Å²) in [6.45, 7) is 3.45. The molecular formula is C21H30N2O2. The summed E-state index contributed by atoms with van der Waals surface area (Å²) in [7, 11) is 0. The van der Waals surface area contributed by atoms with Crippen LogP contribution in [0.3, 0.4) is 0 Å². The monoisotopic (exact) mass is 342 g/mol. The average Bonchev–Trinajstić information content (AvgIpc) is 2.65. The van der Waals surface area contributed by atoms with Crippen LogP contribution < -0.4 is 4.74 Å². The fourth-order valence-electron chi connectivity index (χ4n) is 2.50. The van der Waals surface area contributed by atoms with Crippen LogP contribution in [0.4, 0.5) is 0 Å². The summed E-state index contributed by atoms with van der Waals surface area (Å²) in [6.07, 6.45) is 8.17. The molecule has 1 atom stereocenters. The molecule has 0 saturated heterocycles. The predicted molar refractivity (Wildman–Crippen MR) is 99.2 cm³/mol. The van der Waals surface area contributed by atoms with Crippen LogP contribution in [-0.2, 0) is 11.2 Å². The van der Waals surface area contributed by atoms with Crippen molar-refractivity contribution in [3.05, 3.63) is 29.8 Å². The van der Waals surface area contributed by atoms with Gasteiger partial charge in [-0.25, -0.2) is 0 Å². The number of hydrogen-bond donors (Lipinski definition) is 0. The van der Waals surface area contributed by atoms with Crippen molar-refractivity contribution in [1.82, 2.24) is 0 Å². The quantitative estimate of drug-likeness (QED) is 0.437. The highest BCUT2D eigenvalue weighted by atomic mass is 16.5. The number of ether oxygens (including phenoxy) is 2. The maximum atomic E-state index is 9.03. The Balaban J connectivity index is 2.15. The van der Waals surface area contributed by atoms with Gasteiger partial charge in [-0.3, -0.25) is 0 Å². The molecule has 0 radical (unpaired) electrons. The topological polar surface area (TPSA) is 66.0 Å². The van der Waals surface area contributed by atoms with E-state index in [9.17, 15) is 0 Å². The van der Waals surface area contributed by atoms with Crippen molar-refractivity contribution < 1.29 is 9.47 Å². The minimum atomic E-state index is -0.260. The van der Waals surface area contributed by atoms with Gasteiger partial charge in [0, 0.05) is 13.0 Å². The summed E-state index contributed by atoms with van der Waals surface area (Å²) >= 11 is 0. The van der Waals surface area contributed by atoms with Gasteiger partial charge in [-0.1, -0.05) is 31.9 Å². The largest absolute Gasteiger partial charge is 0.494 e. The number of nitrogens with zero attached hydrogens (tertiary/aromatic N) is 2. The molecule has 1 aromatic rings. The summed E-state index contributed by atoms with van der Waals surface area (Å²) in [5, 5.41) is 17.5. The SMILES string of the molecule is CCCCC(C#N)OCCCc1ccc(OCCCCCC#N)cc1. The summed E-state index contributed by atoms with van der Waals surface area (Å²) in [4.78, 5) is 0. The fourth-order valence-corrected chi connectivity index (χ4v) is 2.50. The van der Waals surface area contributed by atoms with Crippen LogP contribution in [0.2, 0.25) is 0 Å². The average molecular weight is 342 g/mol. The molecule has 4 heteroatoms. The van der Waals surface area contributed by atoms with Gasteiger partial charge >= 0.3 is 0 Å². The van der Waals surface area contributed by atoms with Gasteiger partial charge in [0.05, 0.1) is 18.7 Å². The fraction of sp³-hybridized carbons (Fsp3) is 0.619. The van der Waals surface area contributed by atoms with Crippen LogP contribution in [0.5, 0.6) is 5.75 Å². The van der Waals surface area contributed by atoms with Crippen molar-refractivity contribution in [2.75, 3.05) is 13.2 Å². The Kier molecular flexibility index (Phi) is 12.0. The molecule has 1 aromatic carbocycles. The number of unbranched alkanes of at least 4 members (excludes halogenated alkanes) is 4. The van der Waals surface area contributed by atoms with E-state index in [-0.39, 0.29) is 6.10 Å². The molecule has 0 fully saturated rings. The maximum absolute atomic E-state index is 9.03. The highest BCUT2D eigenvalue weighted by Crippen LogP contribution is 2.14. The van der Waals surface area contributed by atoms with Crippen molar-refractivity contribution in [3.63, 3.8) is 0 Å². The molecule has 0 spiro atoms. The van der Waals surface area contributed by atoms with E-state index >= 15 is 0 Å². The molecule has 0 aliphatic rings. The molecule has 0 bridgehead atoms. The molecule has 4 nitrogen and oxygen atoms in total. The summed E-state index contributed by atoms with van der Waals surface area (Å²) in [5.74, 6) is 0.893. The molecule has 0 aliphatic heterocycles. The number of benzene rings is 1. The number of nitriles is 2. The van der Waals surface area contributed by atoms with Crippen molar-refractivity contribution in [1.29, 1.82) is 10.5 Å². The molecule has 136 valence electrons. The minimum Gasteiger partial charge on any atom is -0.494 e. The summed E-state index contributed by atoms with van der Waals surface area (Å²) in [5.41, 5.74) is 1.26. The molecule has 0 aliphatic carbocycles. The van der Waals surface area contributed by atoms with Gasteiger partial charge in [-0.05, 0) is 56.2 Å². The van der Waals surface area contributed by atoms with Gasteiger partial charge in [-0.15, -0.1) is 0 Å². The zero-order chi connectivity index (χ0) is 18.2. The third-order valence-electron chi connectivity index (χ3n) is 4.02. The van der Waals surface area contributed by atoms with Gasteiger partial charge in [0.15, 0.2) is 0 Å². The van der Waals surface area contributed by atoms with Crippen LogP contribution in [0, 0.1) is 22.7 Å².